The molecule has 2 heterocycles. The van der Waals surface area contributed by atoms with Crippen LogP contribution in [-0.4, -0.2) is 29.7 Å². The molecule has 0 atom stereocenters. The summed E-state index contributed by atoms with van der Waals surface area (Å²) in [5.74, 6) is 0.988. The lowest BCUT2D eigenvalue weighted by atomic mass is 10.3. The molecule has 0 bridgehead atoms. The summed E-state index contributed by atoms with van der Waals surface area (Å²) in [6.45, 7) is 2.41. The fourth-order valence-corrected chi connectivity index (χ4v) is 1.66. The lowest BCUT2D eigenvalue weighted by molar-refractivity contribution is 0.252. The van der Waals surface area contributed by atoms with E-state index in [1.54, 1.807) is 37.7 Å². The summed E-state index contributed by atoms with van der Waals surface area (Å²) < 4.78 is 5.07. The summed E-state index contributed by atoms with van der Waals surface area (Å²) in [6, 6.07) is 6.85. The highest BCUT2D eigenvalue weighted by Gasteiger charge is 2.03. The first-order valence-electron chi connectivity index (χ1n) is 6.49. The summed E-state index contributed by atoms with van der Waals surface area (Å²) >= 11 is 0. The number of nitrogens with zero attached hydrogens (tertiary/aromatic N) is 2. The quantitative estimate of drug-likeness (QED) is 0.785. The van der Waals surface area contributed by atoms with Crippen LogP contribution in [0.5, 0.6) is 5.88 Å². The SMILES string of the molecule is CCNC(=O)Nc1cc(Nc2ccnc(OC)c2)ccn1. The Morgan fingerprint density at radius 3 is 2.62 bits per heavy atom. The second kappa shape index (κ2) is 7.09. The number of rotatable bonds is 5. The van der Waals surface area contributed by atoms with Crippen molar-refractivity contribution in [2.75, 3.05) is 24.3 Å². The number of carbonyl (C=O) groups is 1. The first-order valence-corrected chi connectivity index (χ1v) is 6.49. The fraction of sp³-hybridized carbons (Fsp3) is 0.214. The molecular formula is C14H17N5O2. The van der Waals surface area contributed by atoms with Crippen LogP contribution in [0.15, 0.2) is 36.7 Å². The molecular weight excluding hydrogens is 270 g/mol. The molecule has 0 aliphatic rings. The number of anilines is 3. The number of methoxy groups -OCH3 is 1. The molecule has 0 radical (unpaired) electrons. The number of aromatic nitrogens is 2. The van der Waals surface area contributed by atoms with Gasteiger partial charge < -0.3 is 15.4 Å². The second-order valence-electron chi connectivity index (χ2n) is 4.13. The zero-order chi connectivity index (χ0) is 15.1. The highest BCUT2D eigenvalue weighted by molar-refractivity contribution is 5.88. The summed E-state index contributed by atoms with van der Waals surface area (Å²) in [5.41, 5.74) is 1.63. The van der Waals surface area contributed by atoms with Crippen LogP contribution in [0.25, 0.3) is 0 Å². The molecule has 110 valence electrons. The van der Waals surface area contributed by atoms with E-state index in [0.717, 1.165) is 11.4 Å². The number of carbonyl (C=O) groups excluding carboxylic acids is 1. The van der Waals surface area contributed by atoms with Gasteiger partial charge in [-0.3, -0.25) is 5.32 Å². The minimum absolute atomic E-state index is 0.285. The van der Waals surface area contributed by atoms with Crippen molar-refractivity contribution in [1.29, 1.82) is 0 Å². The molecule has 0 spiro atoms. The number of hydrogen-bond acceptors (Lipinski definition) is 5. The number of hydrogen-bond donors (Lipinski definition) is 3. The van der Waals surface area contributed by atoms with Gasteiger partial charge in [0.15, 0.2) is 0 Å². The van der Waals surface area contributed by atoms with E-state index in [2.05, 4.69) is 25.9 Å². The minimum atomic E-state index is -0.285. The van der Waals surface area contributed by atoms with E-state index in [-0.39, 0.29) is 6.03 Å². The van der Waals surface area contributed by atoms with Gasteiger partial charge in [-0.15, -0.1) is 0 Å². The van der Waals surface area contributed by atoms with Gasteiger partial charge in [-0.2, -0.15) is 0 Å². The largest absolute Gasteiger partial charge is 0.481 e. The van der Waals surface area contributed by atoms with Crippen LogP contribution in [0.1, 0.15) is 6.92 Å². The standard InChI is InChI=1S/C14H17N5O2/c1-3-15-14(20)19-12-8-10(4-6-16-12)18-11-5-7-17-13(9-11)21-2/h4-9H,3H2,1-2H3,(H3,15,16,17,18,19,20). The Hall–Kier alpha value is -2.83. The molecule has 0 aromatic carbocycles. The molecule has 21 heavy (non-hydrogen) atoms. The van der Waals surface area contributed by atoms with Gasteiger partial charge in [0, 0.05) is 42.4 Å². The van der Waals surface area contributed by atoms with E-state index in [1.165, 1.54) is 0 Å². The Morgan fingerprint density at radius 2 is 1.90 bits per heavy atom. The Labute approximate surface area is 122 Å². The predicted molar refractivity (Wildman–Crippen MR) is 81.0 cm³/mol. The van der Waals surface area contributed by atoms with Crippen LogP contribution < -0.4 is 20.7 Å². The number of nitrogens with one attached hydrogen (secondary N) is 3. The maximum Gasteiger partial charge on any atom is 0.320 e. The summed E-state index contributed by atoms with van der Waals surface area (Å²) in [6.07, 6.45) is 3.26. The smallest absolute Gasteiger partial charge is 0.320 e. The van der Waals surface area contributed by atoms with E-state index in [1.807, 2.05) is 13.0 Å². The molecule has 0 fully saturated rings. The van der Waals surface area contributed by atoms with Gasteiger partial charge in [-0.1, -0.05) is 0 Å². The molecule has 7 nitrogen and oxygen atoms in total. The summed E-state index contributed by atoms with van der Waals surface area (Å²) in [4.78, 5) is 19.6. The van der Waals surface area contributed by atoms with Crippen molar-refractivity contribution in [3.8, 4) is 5.88 Å². The zero-order valence-corrected chi connectivity index (χ0v) is 11.9. The number of amides is 2. The van der Waals surface area contributed by atoms with Crippen LogP contribution in [0.4, 0.5) is 22.0 Å². The van der Waals surface area contributed by atoms with E-state index >= 15 is 0 Å². The van der Waals surface area contributed by atoms with Gasteiger partial charge in [-0.05, 0) is 19.1 Å². The molecule has 0 aliphatic heterocycles. The Kier molecular flexibility index (Phi) is 4.92. The molecule has 0 aliphatic carbocycles. The average molecular weight is 287 g/mol. The Morgan fingerprint density at radius 1 is 1.19 bits per heavy atom. The van der Waals surface area contributed by atoms with Crippen molar-refractivity contribution in [2.45, 2.75) is 6.92 Å². The maximum absolute atomic E-state index is 11.5. The second-order valence-corrected chi connectivity index (χ2v) is 4.13. The van der Waals surface area contributed by atoms with E-state index in [9.17, 15) is 4.79 Å². The fourth-order valence-electron chi connectivity index (χ4n) is 1.66. The Bertz CT molecular complexity index is 618. The predicted octanol–water partition coefficient (Wildman–Crippen LogP) is 2.37. The van der Waals surface area contributed by atoms with Crippen molar-refractivity contribution in [3.63, 3.8) is 0 Å². The van der Waals surface area contributed by atoms with Gasteiger partial charge in [0.1, 0.15) is 5.82 Å². The average Bonchev–Trinajstić information content (AvgIpc) is 2.48. The van der Waals surface area contributed by atoms with Crippen molar-refractivity contribution < 1.29 is 9.53 Å². The van der Waals surface area contributed by atoms with Crippen molar-refractivity contribution in [1.82, 2.24) is 15.3 Å². The van der Waals surface area contributed by atoms with Crippen LogP contribution in [0.3, 0.4) is 0 Å². The summed E-state index contributed by atoms with van der Waals surface area (Å²) in [5, 5.41) is 8.49. The minimum Gasteiger partial charge on any atom is -0.481 e. The molecule has 0 saturated carbocycles. The van der Waals surface area contributed by atoms with Crippen LogP contribution in [0, 0.1) is 0 Å². The molecule has 2 aromatic rings. The van der Waals surface area contributed by atoms with Crippen LogP contribution in [-0.2, 0) is 0 Å². The van der Waals surface area contributed by atoms with Crippen molar-refractivity contribution in [2.24, 2.45) is 0 Å². The van der Waals surface area contributed by atoms with Gasteiger partial charge in [0.2, 0.25) is 5.88 Å². The van der Waals surface area contributed by atoms with E-state index < -0.39 is 0 Å². The third-order valence-corrected chi connectivity index (χ3v) is 2.57. The van der Waals surface area contributed by atoms with E-state index in [4.69, 9.17) is 4.74 Å². The van der Waals surface area contributed by atoms with Crippen LogP contribution >= 0.6 is 0 Å². The molecule has 2 aromatic heterocycles. The molecule has 2 rings (SSSR count). The van der Waals surface area contributed by atoms with E-state index in [0.29, 0.717) is 18.2 Å². The molecule has 0 saturated heterocycles. The lowest BCUT2D eigenvalue weighted by Gasteiger charge is -2.09. The summed E-state index contributed by atoms with van der Waals surface area (Å²) in [7, 11) is 1.56. The third-order valence-electron chi connectivity index (χ3n) is 2.57. The maximum atomic E-state index is 11.5. The lowest BCUT2D eigenvalue weighted by Crippen LogP contribution is -2.28. The normalized spacial score (nSPS) is 9.81. The van der Waals surface area contributed by atoms with Gasteiger partial charge >= 0.3 is 6.03 Å². The van der Waals surface area contributed by atoms with Gasteiger partial charge in [0.25, 0.3) is 0 Å². The highest BCUT2D eigenvalue weighted by atomic mass is 16.5. The molecule has 7 heteroatoms. The zero-order valence-electron chi connectivity index (χ0n) is 11.9. The number of pyridine rings is 2. The first-order chi connectivity index (χ1) is 10.2. The van der Waals surface area contributed by atoms with Crippen molar-refractivity contribution in [3.05, 3.63) is 36.7 Å². The molecule has 0 unspecified atom stereocenters. The topological polar surface area (TPSA) is 88.2 Å². The van der Waals surface area contributed by atoms with Gasteiger partial charge in [-0.25, -0.2) is 14.8 Å². The molecule has 2 amide bonds. The van der Waals surface area contributed by atoms with Crippen molar-refractivity contribution >= 4 is 23.2 Å². The first kappa shape index (κ1) is 14.6. The van der Waals surface area contributed by atoms with Gasteiger partial charge in [0.05, 0.1) is 7.11 Å². The molecule has 3 N–H and O–H groups in total. The van der Waals surface area contributed by atoms with Crippen LogP contribution in [0.2, 0.25) is 0 Å². The number of urea groups is 1. The Balaban J connectivity index is 2.08. The highest BCUT2D eigenvalue weighted by Crippen LogP contribution is 2.20. The number of ether oxygens (including phenoxy) is 1. The monoisotopic (exact) mass is 287 g/mol. The third kappa shape index (κ3) is 4.34.